The van der Waals surface area contributed by atoms with Gasteiger partial charge in [0, 0.05) is 25.7 Å². The van der Waals surface area contributed by atoms with E-state index in [0.717, 1.165) is 12.8 Å². The van der Waals surface area contributed by atoms with Crippen LogP contribution in [0.5, 0.6) is 0 Å². The number of amides is 1. The lowest BCUT2D eigenvalue weighted by atomic mass is 10.1. The number of aryl methyl sites for hydroxylation is 1. The maximum atomic E-state index is 11.6. The topological polar surface area (TPSA) is 46.9 Å². The smallest absolute Gasteiger partial charge is 0.269 e. The van der Waals surface area contributed by atoms with Gasteiger partial charge in [0.2, 0.25) is 0 Å². The van der Waals surface area contributed by atoms with Crippen LogP contribution in [0.3, 0.4) is 0 Å². The second kappa shape index (κ2) is 6.53. The molecule has 0 aliphatic heterocycles. The zero-order valence-corrected chi connectivity index (χ0v) is 10.5. The van der Waals surface area contributed by atoms with Crippen molar-refractivity contribution in [1.82, 2.24) is 15.1 Å². The molecule has 0 saturated heterocycles. The molecule has 0 saturated carbocycles. The number of alkyl halides is 1. The van der Waals surface area contributed by atoms with Gasteiger partial charge in [0.05, 0.1) is 0 Å². The van der Waals surface area contributed by atoms with Gasteiger partial charge in [0.15, 0.2) is 0 Å². The highest BCUT2D eigenvalue weighted by Gasteiger charge is 2.08. The molecule has 16 heavy (non-hydrogen) atoms. The van der Waals surface area contributed by atoms with Crippen LogP contribution in [-0.2, 0) is 7.05 Å². The lowest BCUT2D eigenvalue weighted by Crippen LogP contribution is -2.26. The molecule has 0 bridgehead atoms. The first-order valence-corrected chi connectivity index (χ1v) is 6.00. The lowest BCUT2D eigenvalue weighted by molar-refractivity contribution is 0.0943. The number of nitrogens with zero attached hydrogens (tertiary/aromatic N) is 2. The maximum Gasteiger partial charge on any atom is 0.269 e. The van der Waals surface area contributed by atoms with Crippen LogP contribution in [0.15, 0.2) is 12.3 Å². The monoisotopic (exact) mass is 243 g/mol. The summed E-state index contributed by atoms with van der Waals surface area (Å²) in [7, 11) is 1.75. The van der Waals surface area contributed by atoms with Gasteiger partial charge in [-0.15, -0.1) is 11.6 Å². The van der Waals surface area contributed by atoms with Crippen molar-refractivity contribution in [3.63, 3.8) is 0 Å². The van der Waals surface area contributed by atoms with Gasteiger partial charge < -0.3 is 5.32 Å². The van der Waals surface area contributed by atoms with Crippen molar-refractivity contribution in [3.05, 3.63) is 18.0 Å². The highest BCUT2D eigenvalue weighted by molar-refractivity contribution is 6.18. The van der Waals surface area contributed by atoms with E-state index >= 15 is 0 Å². The molecule has 5 heteroatoms. The van der Waals surface area contributed by atoms with Gasteiger partial charge in [-0.05, 0) is 24.8 Å². The van der Waals surface area contributed by atoms with Crippen LogP contribution in [0.25, 0.3) is 0 Å². The zero-order valence-electron chi connectivity index (χ0n) is 9.74. The molecular weight excluding hydrogens is 226 g/mol. The largest absolute Gasteiger partial charge is 0.351 e. The molecule has 1 atom stereocenters. The summed E-state index contributed by atoms with van der Waals surface area (Å²) < 4.78 is 1.57. The molecule has 1 amide bonds. The first kappa shape index (κ1) is 13.0. The van der Waals surface area contributed by atoms with Gasteiger partial charge in [-0.3, -0.25) is 9.48 Å². The van der Waals surface area contributed by atoms with E-state index in [4.69, 9.17) is 11.6 Å². The van der Waals surface area contributed by atoms with Crippen molar-refractivity contribution >= 4 is 17.5 Å². The predicted octanol–water partition coefficient (Wildman–Crippen LogP) is 1.80. The molecule has 0 aliphatic rings. The summed E-state index contributed by atoms with van der Waals surface area (Å²) in [6.07, 6.45) is 3.61. The third-order valence-corrected chi connectivity index (χ3v) is 3.00. The van der Waals surface area contributed by atoms with E-state index in [9.17, 15) is 4.79 Å². The molecular formula is C11H18ClN3O. The fraction of sp³-hybridized carbons (Fsp3) is 0.636. The van der Waals surface area contributed by atoms with Crippen LogP contribution in [0, 0.1) is 5.92 Å². The van der Waals surface area contributed by atoms with Crippen molar-refractivity contribution in [2.45, 2.75) is 19.8 Å². The molecule has 4 nitrogen and oxygen atoms in total. The molecule has 1 heterocycles. The van der Waals surface area contributed by atoms with Gasteiger partial charge in [0.25, 0.3) is 5.91 Å². The summed E-state index contributed by atoms with van der Waals surface area (Å²) in [6, 6.07) is 1.71. The molecule has 0 fully saturated rings. The summed E-state index contributed by atoms with van der Waals surface area (Å²) in [5, 5.41) is 6.81. The van der Waals surface area contributed by atoms with Crippen molar-refractivity contribution in [3.8, 4) is 0 Å². The lowest BCUT2D eigenvalue weighted by Gasteiger charge is -2.08. The van der Waals surface area contributed by atoms with E-state index in [1.165, 1.54) is 0 Å². The molecule has 0 spiro atoms. The molecule has 0 aromatic carbocycles. The van der Waals surface area contributed by atoms with Crippen LogP contribution < -0.4 is 5.32 Å². The minimum Gasteiger partial charge on any atom is -0.351 e. The molecule has 1 N–H and O–H groups in total. The molecule has 1 aromatic rings. The Balaban J connectivity index is 2.24. The first-order chi connectivity index (χ1) is 7.65. The Hall–Kier alpha value is -1.03. The Bertz CT molecular complexity index is 338. The molecule has 1 rings (SSSR count). The fourth-order valence-corrected chi connectivity index (χ4v) is 1.57. The minimum absolute atomic E-state index is 0.0708. The third-order valence-electron chi connectivity index (χ3n) is 2.48. The van der Waals surface area contributed by atoms with E-state index in [0.29, 0.717) is 24.0 Å². The number of hydrogen-bond donors (Lipinski definition) is 1. The normalized spacial score (nSPS) is 12.4. The predicted molar refractivity (Wildman–Crippen MR) is 64.7 cm³/mol. The van der Waals surface area contributed by atoms with Gasteiger partial charge in [-0.1, -0.05) is 6.92 Å². The second-order valence-corrected chi connectivity index (χ2v) is 4.31. The fourth-order valence-electron chi connectivity index (χ4n) is 1.42. The van der Waals surface area contributed by atoms with E-state index in [2.05, 4.69) is 17.3 Å². The van der Waals surface area contributed by atoms with Crippen LogP contribution in [0.2, 0.25) is 0 Å². The van der Waals surface area contributed by atoms with Crippen molar-refractivity contribution < 1.29 is 4.79 Å². The van der Waals surface area contributed by atoms with Crippen LogP contribution in [-0.4, -0.2) is 28.1 Å². The van der Waals surface area contributed by atoms with Crippen LogP contribution >= 0.6 is 11.6 Å². The van der Waals surface area contributed by atoms with Crippen molar-refractivity contribution in [1.29, 1.82) is 0 Å². The van der Waals surface area contributed by atoms with E-state index in [-0.39, 0.29) is 5.91 Å². The summed E-state index contributed by atoms with van der Waals surface area (Å²) in [4.78, 5) is 11.6. The van der Waals surface area contributed by atoms with Gasteiger partial charge in [0.1, 0.15) is 5.69 Å². The van der Waals surface area contributed by atoms with Gasteiger partial charge >= 0.3 is 0 Å². The highest BCUT2D eigenvalue weighted by atomic mass is 35.5. The highest BCUT2D eigenvalue weighted by Crippen LogP contribution is 2.06. The number of nitrogens with one attached hydrogen (secondary N) is 1. The third kappa shape index (κ3) is 3.85. The van der Waals surface area contributed by atoms with E-state index in [1.807, 2.05) is 0 Å². The van der Waals surface area contributed by atoms with Crippen LogP contribution in [0.1, 0.15) is 30.3 Å². The standard InChI is InChI=1S/C11H18ClN3O/c1-9(8-12)4-3-6-13-11(16)10-5-7-14-15(10)2/h5,7,9H,3-4,6,8H2,1-2H3,(H,13,16). The van der Waals surface area contributed by atoms with Crippen LogP contribution in [0.4, 0.5) is 0 Å². The summed E-state index contributed by atoms with van der Waals surface area (Å²) in [5.41, 5.74) is 0.588. The molecule has 0 radical (unpaired) electrons. The Morgan fingerprint density at radius 1 is 1.69 bits per heavy atom. The second-order valence-electron chi connectivity index (χ2n) is 4.00. The quantitative estimate of drug-likeness (QED) is 0.612. The zero-order chi connectivity index (χ0) is 12.0. The van der Waals surface area contributed by atoms with Crippen molar-refractivity contribution in [2.75, 3.05) is 12.4 Å². The Labute approximate surface area is 101 Å². The Morgan fingerprint density at radius 2 is 2.44 bits per heavy atom. The first-order valence-electron chi connectivity index (χ1n) is 5.47. The number of rotatable bonds is 6. The molecule has 0 aliphatic carbocycles. The van der Waals surface area contributed by atoms with E-state index in [1.54, 1.807) is 24.0 Å². The average Bonchev–Trinajstić information content (AvgIpc) is 2.70. The Kier molecular flexibility index (Phi) is 5.32. The van der Waals surface area contributed by atoms with Crippen molar-refractivity contribution in [2.24, 2.45) is 13.0 Å². The molecule has 1 aromatic heterocycles. The minimum atomic E-state index is -0.0708. The number of hydrogen-bond acceptors (Lipinski definition) is 2. The number of aromatic nitrogens is 2. The molecule has 1 unspecified atom stereocenters. The summed E-state index contributed by atoms with van der Waals surface area (Å²) >= 11 is 5.70. The van der Waals surface area contributed by atoms with E-state index < -0.39 is 0 Å². The SMILES string of the molecule is CC(CCl)CCCNC(=O)c1ccnn1C. The van der Waals surface area contributed by atoms with Gasteiger partial charge in [-0.25, -0.2) is 0 Å². The molecule has 90 valence electrons. The van der Waals surface area contributed by atoms with Gasteiger partial charge in [-0.2, -0.15) is 5.10 Å². The summed E-state index contributed by atoms with van der Waals surface area (Å²) in [5.74, 6) is 1.11. The Morgan fingerprint density at radius 3 is 3.00 bits per heavy atom. The average molecular weight is 244 g/mol. The summed E-state index contributed by atoms with van der Waals surface area (Å²) in [6.45, 7) is 2.79. The number of carbonyl (C=O) groups is 1. The number of carbonyl (C=O) groups excluding carboxylic acids is 1. The maximum absolute atomic E-state index is 11.6. The number of halogens is 1.